The van der Waals surface area contributed by atoms with Crippen LogP contribution in [0, 0.1) is 0 Å². The van der Waals surface area contributed by atoms with Crippen molar-refractivity contribution in [2.75, 3.05) is 0 Å². The van der Waals surface area contributed by atoms with Gasteiger partial charge in [0, 0.05) is 0 Å². The molecule has 0 radical (unpaired) electrons. The lowest BCUT2D eigenvalue weighted by Crippen LogP contribution is -2.18. The summed E-state index contributed by atoms with van der Waals surface area (Å²) in [6, 6.07) is 0. The number of alkyl halides is 3. The van der Waals surface area contributed by atoms with Crippen LogP contribution in [0.25, 0.3) is 0 Å². The molecule has 0 aromatic carbocycles. The summed E-state index contributed by atoms with van der Waals surface area (Å²) in [5.41, 5.74) is 0. The van der Waals surface area contributed by atoms with E-state index in [1.165, 1.54) is 0 Å². The van der Waals surface area contributed by atoms with E-state index in [9.17, 15) is 0 Å². The van der Waals surface area contributed by atoms with Gasteiger partial charge in [-0.15, -0.1) is 3.77 Å². The Bertz CT molecular complexity index is 287. The lowest BCUT2D eigenvalue weighted by molar-refractivity contribution is 1.46. The average Bonchev–Trinajstić information content (AvgIpc) is 1.82. The second-order valence-corrected chi connectivity index (χ2v) is 7.30. The Morgan fingerprint density at radius 2 is 1.67 bits per heavy atom. The molecule has 0 aromatic heterocycles. The first kappa shape index (κ1) is 11.5. The van der Waals surface area contributed by atoms with Crippen LogP contribution in [-0.4, -0.2) is 9.63 Å². The standard InChI is InChI=1S/C2Cl5N3S2/c3-2(4,5)1-8-11(6)10-12(7)9-1. The molecule has 0 N–H and O–H groups in total. The molecule has 0 amide bonds. The normalized spacial score (nSPS) is 30.2. The molecule has 0 saturated heterocycles. The van der Waals surface area contributed by atoms with Gasteiger partial charge in [0.1, 0.15) is 20.2 Å². The summed E-state index contributed by atoms with van der Waals surface area (Å²) in [6.45, 7) is 0. The largest absolute Gasteiger partial charge is 0.251 e. The van der Waals surface area contributed by atoms with Crippen LogP contribution in [-0.2, 0) is 20.2 Å². The van der Waals surface area contributed by atoms with Gasteiger partial charge in [-0.25, -0.2) is 0 Å². The molecule has 12 heavy (non-hydrogen) atoms. The molecule has 1 heterocycles. The first-order valence-corrected chi connectivity index (χ1v) is 7.37. The zero-order chi connectivity index (χ0) is 9.35. The predicted octanol–water partition coefficient (Wildman–Crippen LogP) is 3.51. The zero-order valence-electron chi connectivity index (χ0n) is 5.05. The van der Waals surface area contributed by atoms with E-state index in [0.717, 1.165) is 0 Å². The van der Waals surface area contributed by atoms with Gasteiger partial charge < -0.3 is 0 Å². The molecule has 0 saturated carbocycles. The fourth-order valence-electron chi connectivity index (χ4n) is 0.347. The first-order chi connectivity index (χ1) is 5.39. The summed E-state index contributed by atoms with van der Waals surface area (Å²) < 4.78 is 9.43. The average molecular weight is 307 g/mol. The minimum Gasteiger partial charge on any atom is -0.170 e. The van der Waals surface area contributed by atoms with Crippen LogP contribution in [0.5, 0.6) is 0 Å². The molecule has 0 aliphatic carbocycles. The molecule has 2 unspecified atom stereocenters. The van der Waals surface area contributed by atoms with Crippen molar-refractivity contribution < 1.29 is 0 Å². The van der Waals surface area contributed by atoms with Crippen LogP contribution < -0.4 is 0 Å². The summed E-state index contributed by atoms with van der Waals surface area (Å²) in [5.74, 6) is -0.000772. The molecule has 1 aliphatic heterocycles. The van der Waals surface area contributed by atoms with Crippen molar-refractivity contribution in [1.82, 2.24) is 0 Å². The van der Waals surface area contributed by atoms with Crippen molar-refractivity contribution in [1.29, 1.82) is 0 Å². The molecule has 1 aliphatic rings. The van der Waals surface area contributed by atoms with Gasteiger partial charge in [-0.1, -0.05) is 34.8 Å². The Morgan fingerprint density at radius 3 is 2.08 bits per heavy atom. The zero-order valence-corrected chi connectivity index (χ0v) is 10.5. The lowest BCUT2D eigenvalue weighted by atomic mass is 10.7. The van der Waals surface area contributed by atoms with Gasteiger partial charge in [0.05, 0.1) is 0 Å². The summed E-state index contributed by atoms with van der Waals surface area (Å²) in [5, 5.41) is 0. The topological polar surface area (TPSA) is 37.1 Å². The monoisotopic (exact) mass is 305 g/mol. The Hall–Kier alpha value is 1.42. The van der Waals surface area contributed by atoms with Gasteiger partial charge in [0.2, 0.25) is 5.84 Å². The van der Waals surface area contributed by atoms with Gasteiger partial charge in [-0.2, -0.15) is 8.76 Å². The van der Waals surface area contributed by atoms with E-state index in [4.69, 9.17) is 56.2 Å². The molecule has 2 atom stereocenters. The van der Waals surface area contributed by atoms with Crippen molar-refractivity contribution in [3.63, 3.8) is 0 Å². The third-order valence-electron chi connectivity index (χ3n) is 0.700. The van der Waals surface area contributed by atoms with Gasteiger partial charge in [0.15, 0.2) is 0 Å². The molecule has 3 nitrogen and oxygen atoms in total. The summed E-state index contributed by atoms with van der Waals surface area (Å²) in [7, 11) is 8.99. The molecule has 0 fully saturated rings. The number of hydrogen-bond donors (Lipinski definition) is 0. The highest BCUT2D eigenvalue weighted by Crippen LogP contribution is 2.31. The molecule has 0 bridgehead atoms. The number of amidine groups is 1. The Balaban J connectivity index is 3.04. The Morgan fingerprint density at radius 1 is 1.08 bits per heavy atom. The van der Waals surface area contributed by atoms with Gasteiger partial charge in [0.25, 0.3) is 3.79 Å². The molecule has 1 rings (SSSR count). The smallest absolute Gasteiger partial charge is 0.170 e. The van der Waals surface area contributed by atoms with Crippen molar-refractivity contribution in [2.45, 2.75) is 3.79 Å². The quantitative estimate of drug-likeness (QED) is 0.614. The van der Waals surface area contributed by atoms with E-state index in [1.807, 2.05) is 0 Å². The van der Waals surface area contributed by atoms with Crippen molar-refractivity contribution >= 4 is 82.2 Å². The Kier molecular flexibility index (Phi) is 4.11. The molecule has 10 heteroatoms. The summed E-state index contributed by atoms with van der Waals surface area (Å²) in [6.07, 6.45) is 0. The highest BCUT2D eigenvalue weighted by molar-refractivity contribution is 8.19. The first-order valence-electron chi connectivity index (χ1n) is 2.30. The third kappa shape index (κ3) is 3.29. The maximum absolute atomic E-state index is 5.57. The summed E-state index contributed by atoms with van der Waals surface area (Å²) >= 11 is 16.5. The van der Waals surface area contributed by atoms with Crippen LogP contribution in [0.15, 0.2) is 12.5 Å². The van der Waals surface area contributed by atoms with E-state index in [0.29, 0.717) is 0 Å². The number of halogens is 5. The molecular formula is C2Cl5N3S2. The molecule has 0 spiro atoms. The number of hydrogen-bond acceptors (Lipinski definition) is 3. The fourth-order valence-corrected chi connectivity index (χ4v) is 3.88. The van der Waals surface area contributed by atoms with Crippen molar-refractivity contribution in [3.05, 3.63) is 0 Å². The van der Waals surface area contributed by atoms with E-state index in [1.54, 1.807) is 0 Å². The van der Waals surface area contributed by atoms with Crippen molar-refractivity contribution in [2.24, 2.45) is 12.5 Å². The van der Waals surface area contributed by atoms with Crippen LogP contribution in [0.3, 0.4) is 0 Å². The SMILES string of the molecule is ClS1=NC(C(Cl)(Cl)Cl)=NS(Cl)=N1. The van der Waals surface area contributed by atoms with Gasteiger partial charge >= 0.3 is 0 Å². The number of nitrogens with zero attached hydrogens (tertiary/aromatic N) is 3. The summed E-state index contributed by atoms with van der Waals surface area (Å²) in [4.78, 5) is 0. The third-order valence-corrected chi connectivity index (χ3v) is 4.27. The second kappa shape index (κ2) is 4.29. The fraction of sp³-hybridized carbons (Fsp3) is 0.500. The van der Waals surface area contributed by atoms with Gasteiger partial charge in [-0.05, 0) is 21.4 Å². The number of rotatable bonds is 0. The van der Waals surface area contributed by atoms with E-state index in [-0.39, 0.29) is 5.84 Å². The molecule has 70 valence electrons. The maximum atomic E-state index is 5.57. The van der Waals surface area contributed by atoms with E-state index < -0.39 is 24.0 Å². The van der Waals surface area contributed by atoms with Crippen molar-refractivity contribution in [3.8, 4) is 0 Å². The minimum atomic E-state index is -1.68. The van der Waals surface area contributed by atoms with E-state index in [2.05, 4.69) is 12.5 Å². The highest BCUT2D eigenvalue weighted by atomic mass is 35.7. The van der Waals surface area contributed by atoms with E-state index >= 15 is 0 Å². The van der Waals surface area contributed by atoms with Crippen LogP contribution in [0.4, 0.5) is 0 Å². The van der Waals surface area contributed by atoms with Crippen LogP contribution >= 0.6 is 56.2 Å². The minimum absolute atomic E-state index is 0.000772. The predicted molar refractivity (Wildman–Crippen MR) is 59.0 cm³/mol. The van der Waals surface area contributed by atoms with Crippen LogP contribution in [0.2, 0.25) is 0 Å². The lowest BCUT2D eigenvalue weighted by Gasteiger charge is -2.11. The highest BCUT2D eigenvalue weighted by Gasteiger charge is 2.30. The molecular weight excluding hydrogens is 307 g/mol. The van der Waals surface area contributed by atoms with Gasteiger partial charge in [-0.3, -0.25) is 0 Å². The second-order valence-electron chi connectivity index (χ2n) is 1.52. The van der Waals surface area contributed by atoms with Crippen LogP contribution in [0.1, 0.15) is 0 Å². The maximum Gasteiger partial charge on any atom is 0.251 e. The molecule has 0 aromatic rings. The Labute approximate surface area is 97.8 Å².